The van der Waals surface area contributed by atoms with Crippen molar-refractivity contribution < 1.29 is 9.52 Å². The molecule has 0 unspecified atom stereocenters. The van der Waals surface area contributed by atoms with Crippen LogP contribution in [-0.4, -0.2) is 5.11 Å². The van der Waals surface area contributed by atoms with Crippen LogP contribution in [-0.2, 0) is 0 Å². The molecule has 2 aromatic rings. The number of fused-ring (bicyclic) bond motifs is 1. The Bertz CT molecular complexity index is 510. The molecule has 0 saturated heterocycles. The molecule has 1 aromatic heterocycles. The maximum atomic E-state index is 11.3. The SMILES string of the molecule is O=c1c(O)coc2ccc(Cl)cc12. The first-order valence-corrected chi connectivity index (χ1v) is 3.96. The molecular formula is C9H5ClO3. The third-order valence-electron chi connectivity index (χ3n) is 1.72. The molecule has 0 aliphatic rings. The van der Waals surface area contributed by atoms with Gasteiger partial charge in [-0.1, -0.05) is 11.6 Å². The number of rotatable bonds is 0. The highest BCUT2D eigenvalue weighted by atomic mass is 35.5. The summed E-state index contributed by atoms with van der Waals surface area (Å²) in [5.41, 5.74) is -0.0593. The van der Waals surface area contributed by atoms with Gasteiger partial charge in [0.05, 0.1) is 5.39 Å². The van der Waals surface area contributed by atoms with Gasteiger partial charge < -0.3 is 9.52 Å². The van der Waals surface area contributed by atoms with Crippen LogP contribution >= 0.6 is 11.6 Å². The fourth-order valence-electron chi connectivity index (χ4n) is 1.09. The maximum absolute atomic E-state index is 11.3. The second-order valence-electron chi connectivity index (χ2n) is 2.59. The molecule has 1 aromatic carbocycles. The lowest BCUT2D eigenvalue weighted by atomic mass is 10.2. The summed E-state index contributed by atoms with van der Waals surface area (Å²) in [6, 6.07) is 4.66. The monoisotopic (exact) mass is 196 g/mol. The smallest absolute Gasteiger partial charge is 0.234 e. The van der Waals surface area contributed by atoms with Gasteiger partial charge in [-0.25, -0.2) is 0 Å². The summed E-state index contributed by atoms with van der Waals surface area (Å²) >= 11 is 5.68. The van der Waals surface area contributed by atoms with E-state index < -0.39 is 11.2 Å². The van der Waals surface area contributed by atoms with Gasteiger partial charge >= 0.3 is 0 Å². The van der Waals surface area contributed by atoms with Crippen molar-refractivity contribution in [1.82, 2.24) is 0 Å². The van der Waals surface area contributed by atoms with Gasteiger partial charge in [0.25, 0.3) is 0 Å². The summed E-state index contributed by atoms with van der Waals surface area (Å²) in [6.45, 7) is 0. The van der Waals surface area contributed by atoms with Crippen LogP contribution in [0.25, 0.3) is 11.0 Å². The summed E-state index contributed by atoms with van der Waals surface area (Å²) in [6.07, 6.45) is 1.01. The first-order valence-electron chi connectivity index (χ1n) is 3.58. The van der Waals surface area contributed by atoms with Crippen LogP contribution in [0.4, 0.5) is 0 Å². The molecule has 0 amide bonds. The standard InChI is InChI=1S/C9H5ClO3/c10-5-1-2-8-6(3-5)9(12)7(11)4-13-8/h1-4,11H. The minimum absolute atomic E-state index is 0.285. The Morgan fingerprint density at radius 1 is 1.38 bits per heavy atom. The normalized spacial score (nSPS) is 10.5. The molecule has 0 fully saturated rings. The maximum Gasteiger partial charge on any atom is 0.234 e. The van der Waals surface area contributed by atoms with E-state index in [0.717, 1.165) is 6.26 Å². The highest BCUT2D eigenvalue weighted by Gasteiger charge is 2.05. The van der Waals surface area contributed by atoms with Crippen molar-refractivity contribution >= 4 is 22.6 Å². The van der Waals surface area contributed by atoms with Crippen LogP contribution in [0.2, 0.25) is 5.02 Å². The van der Waals surface area contributed by atoms with Gasteiger partial charge in [-0.15, -0.1) is 0 Å². The lowest BCUT2D eigenvalue weighted by Crippen LogP contribution is -1.99. The Kier molecular flexibility index (Phi) is 1.74. The Balaban J connectivity index is 2.97. The van der Waals surface area contributed by atoms with Crippen molar-refractivity contribution in [3.8, 4) is 5.75 Å². The number of aromatic hydroxyl groups is 1. The van der Waals surface area contributed by atoms with Gasteiger partial charge in [-0.2, -0.15) is 0 Å². The molecule has 0 aliphatic carbocycles. The highest BCUT2D eigenvalue weighted by Crippen LogP contribution is 2.18. The minimum Gasteiger partial charge on any atom is -0.502 e. The van der Waals surface area contributed by atoms with Crippen molar-refractivity contribution in [1.29, 1.82) is 0 Å². The average molecular weight is 197 g/mol. The van der Waals surface area contributed by atoms with Gasteiger partial charge in [0.2, 0.25) is 5.43 Å². The van der Waals surface area contributed by atoms with E-state index in [4.69, 9.17) is 21.1 Å². The summed E-state index contributed by atoms with van der Waals surface area (Å²) in [4.78, 5) is 11.3. The van der Waals surface area contributed by atoms with Gasteiger partial charge in [0, 0.05) is 5.02 Å². The van der Waals surface area contributed by atoms with E-state index in [1.165, 1.54) is 6.07 Å². The average Bonchev–Trinajstić information content (AvgIpc) is 2.12. The first-order chi connectivity index (χ1) is 6.18. The largest absolute Gasteiger partial charge is 0.502 e. The molecule has 13 heavy (non-hydrogen) atoms. The van der Waals surface area contributed by atoms with E-state index in [2.05, 4.69) is 0 Å². The number of hydrogen-bond donors (Lipinski definition) is 1. The van der Waals surface area contributed by atoms with Crippen molar-refractivity contribution in [2.24, 2.45) is 0 Å². The van der Waals surface area contributed by atoms with E-state index in [9.17, 15) is 4.79 Å². The lowest BCUT2D eigenvalue weighted by Gasteiger charge is -1.96. The molecule has 0 spiro atoms. The second kappa shape index (κ2) is 2.78. The molecule has 2 rings (SSSR count). The van der Waals surface area contributed by atoms with Gasteiger partial charge in [-0.3, -0.25) is 4.79 Å². The van der Waals surface area contributed by atoms with Crippen LogP contribution in [0.1, 0.15) is 0 Å². The summed E-state index contributed by atoms with van der Waals surface area (Å²) in [5.74, 6) is -0.408. The zero-order valence-corrected chi connectivity index (χ0v) is 7.21. The van der Waals surface area contributed by atoms with Crippen molar-refractivity contribution in [3.63, 3.8) is 0 Å². The molecule has 0 radical (unpaired) electrons. The van der Waals surface area contributed by atoms with Crippen LogP contribution in [0, 0.1) is 0 Å². The Morgan fingerprint density at radius 2 is 2.15 bits per heavy atom. The Morgan fingerprint density at radius 3 is 2.92 bits per heavy atom. The number of halogens is 1. The van der Waals surface area contributed by atoms with Crippen molar-refractivity contribution in [3.05, 3.63) is 39.7 Å². The number of benzene rings is 1. The molecule has 66 valence electrons. The molecule has 1 heterocycles. The van der Waals surface area contributed by atoms with Gasteiger partial charge in [0.15, 0.2) is 5.75 Å². The van der Waals surface area contributed by atoms with Crippen LogP contribution < -0.4 is 5.43 Å². The molecule has 0 bridgehead atoms. The van der Waals surface area contributed by atoms with E-state index in [1.807, 2.05) is 0 Å². The van der Waals surface area contributed by atoms with Crippen molar-refractivity contribution in [2.45, 2.75) is 0 Å². The zero-order valence-electron chi connectivity index (χ0n) is 6.45. The summed E-state index contributed by atoms with van der Waals surface area (Å²) < 4.78 is 4.97. The highest BCUT2D eigenvalue weighted by molar-refractivity contribution is 6.31. The predicted molar refractivity (Wildman–Crippen MR) is 49.2 cm³/mol. The number of hydrogen-bond acceptors (Lipinski definition) is 3. The predicted octanol–water partition coefficient (Wildman–Crippen LogP) is 2.15. The lowest BCUT2D eigenvalue weighted by molar-refractivity contribution is 0.442. The van der Waals surface area contributed by atoms with E-state index >= 15 is 0 Å². The molecule has 0 saturated carbocycles. The summed E-state index contributed by atoms with van der Waals surface area (Å²) in [5, 5.41) is 9.78. The molecule has 3 nitrogen and oxygen atoms in total. The molecular weight excluding hydrogens is 192 g/mol. The zero-order chi connectivity index (χ0) is 9.42. The fourth-order valence-corrected chi connectivity index (χ4v) is 1.27. The van der Waals surface area contributed by atoms with E-state index in [0.29, 0.717) is 10.6 Å². The van der Waals surface area contributed by atoms with Crippen LogP contribution in [0.3, 0.4) is 0 Å². The van der Waals surface area contributed by atoms with Crippen LogP contribution in [0.5, 0.6) is 5.75 Å². The second-order valence-corrected chi connectivity index (χ2v) is 3.03. The van der Waals surface area contributed by atoms with Crippen LogP contribution in [0.15, 0.2) is 33.7 Å². The van der Waals surface area contributed by atoms with Gasteiger partial charge in [-0.05, 0) is 18.2 Å². The molecule has 4 heteroatoms. The molecule has 1 N–H and O–H groups in total. The quantitative estimate of drug-likeness (QED) is 0.703. The Labute approximate surface area is 78.2 Å². The third kappa shape index (κ3) is 1.27. The molecule has 0 aliphatic heterocycles. The topological polar surface area (TPSA) is 50.4 Å². The molecule has 0 atom stereocenters. The van der Waals surface area contributed by atoms with Gasteiger partial charge in [0.1, 0.15) is 11.8 Å². The summed E-state index contributed by atoms with van der Waals surface area (Å²) in [7, 11) is 0. The Hall–Kier alpha value is -1.48. The fraction of sp³-hybridized carbons (Fsp3) is 0. The third-order valence-corrected chi connectivity index (χ3v) is 1.95. The first kappa shape index (κ1) is 8.13. The van der Waals surface area contributed by atoms with E-state index in [-0.39, 0.29) is 5.39 Å². The van der Waals surface area contributed by atoms with E-state index in [1.54, 1.807) is 12.1 Å². The minimum atomic E-state index is -0.469. The van der Waals surface area contributed by atoms with Crippen molar-refractivity contribution in [2.75, 3.05) is 0 Å².